The first-order valence-corrected chi connectivity index (χ1v) is 9.07. The highest BCUT2D eigenvalue weighted by Crippen LogP contribution is 2.18. The molecule has 2 amide bonds. The van der Waals surface area contributed by atoms with Crippen LogP contribution in [0.15, 0.2) is 36.4 Å². The van der Waals surface area contributed by atoms with Crippen molar-refractivity contribution in [2.24, 2.45) is 0 Å². The third-order valence-corrected chi connectivity index (χ3v) is 4.57. The quantitative estimate of drug-likeness (QED) is 0.597. The van der Waals surface area contributed by atoms with Crippen LogP contribution in [0.2, 0.25) is 0 Å². The SMILES string of the molecule is O=C(ON1C(=O)CCC1=O)c1ccc(COC2CC/C=C\CCC2)cc1. The van der Waals surface area contributed by atoms with Crippen molar-refractivity contribution >= 4 is 17.8 Å². The largest absolute Gasteiger partial charge is 0.374 e. The zero-order chi connectivity index (χ0) is 18.4. The molecule has 1 aliphatic carbocycles. The number of hydroxylamine groups is 2. The number of ether oxygens (including phenoxy) is 1. The van der Waals surface area contributed by atoms with Gasteiger partial charge < -0.3 is 9.57 Å². The standard InChI is InChI=1S/C20H23NO5/c22-18-12-13-19(23)21(18)26-20(24)16-10-8-15(9-11-16)14-25-17-6-4-2-1-3-5-7-17/h1-2,8-11,17H,3-7,12-14H2/b2-1-. The smallest absolute Gasteiger partial charge is 0.363 e. The summed E-state index contributed by atoms with van der Waals surface area (Å²) in [6.45, 7) is 0.493. The highest BCUT2D eigenvalue weighted by atomic mass is 16.7. The molecule has 6 heteroatoms. The summed E-state index contributed by atoms with van der Waals surface area (Å²) in [5, 5.41) is 0.558. The van der Waals surface area contributed by atoms with Crippen LogP contribution in [0.3, 0.4) is 0 Å². The van der Waals surface area contributed by atoms with Crippen molar-refractivity contribution in [3.8, 4) is 0 Å². The predicted octanol–water partition coefficient (Wildman–Crippen LogP) is 3.31. The normalized spacial score (nSPS) is 22.0. The minimum Gasteiger partial charge on any atom is -0.374 e. The van der Waals surface area contributed by atoms with Crippen LogP contribution in [0.25, 0.3) is 0 Å². The lowest BCUT2D eigenvalue weighted by atomic mass is 10.0. The Kier molecular flexibility index (Phi) is 6.17. The van der Waals surface area contributed by atoms with Gasteiger partial charge in [0, 0.05) is 12.8 Å². The van der Waals surface area contributed by atoms with Gasteiger partial charge in [-0.1, -0.05) is 24.3 Å². The van der Waals surface area contributed by atoms with Crippen LogP contribution >= 0.6 is 0 Å². The zero-order valence-electron chi connectivity index (χ0n) is 14.7. The molecule has 0 spiro atoms. The molecule has 0 bridgehead atoms. The molecular weight excluding hydrogens is 334 g/mol. The number of imide groups is 1. The minimum atomic E-state index is -0.715. The molecule has 1 aromatic rings. The molecule has 1 fully saturated rings. The fourth-order valence-corrected chi connectivity index (χ4v) is 3.04. The fourth-order valence-electron chi connectivity index (χ4n) is 3.04. The molecule has 1 aliphatic heterocycles. The van der Waals surface area contributed by atoms with Crippen molar-refractivity contribution in [2.45, 2.75) is 57.7 Å². The molecule has 0 saturated carbocycles. The third kappa shape index (κ3) is 4.79. The number of rotatable bonds is 5. The van der Waals surface area contributed by atoms with E-state index in [1.54, 1.807) is 24.3 Å². The van der Waals surface area contributed by atoms with Crippen LogP contribution in [-0.4, -0.2) is 29.0 Å². The van der Waals surface area contributed by atoms with Gasteiger partial charge in [0.05, 0.1) is 18.3 Å². The van der Waals surface area contributed by atoms with E-state index in [0.29, 0.717) is 11.7 Å². The predicted molar refractivity (Wildman–Crippen MR) is 93.7 cm³/mol. The van der Waals surface area contributed by atoms with Crippen LogP contribution in [-0.2, 0) is 25.8 Å². The van der Waals surface area contributed by atoms with Gasteiger partial charge in [-0.05, 0) is 49.8 Å². The molecule has 2 aliphatic rings. The molecule has 1 saturated heterocycles. The number of allylic oxidation sites excluding steroid dienone is 2. The van der Waals surface area contributed by atoms with E-state index in [1.165, 1.54) is 0 Å². The number of hydrogen-bond donors (Lipinski definition) is 0. The molecule has 0 N–H and O–H groups in total. The highest BCUT2D eigenvalue weighted by Gasteiger charge is 2.33. The molecule has 3 rings (SSSR count). The number of benzene rings is 1. The molecule has 1 aromatic carbocycles. The molecule has 1 atom stereocenters. The second-order valence-corrected chi connectivity index (χ2v) is 6.57. The molecule has 1 heterocycles. The zero-order valence-corrected chi connectivity index (χ0v) is 14.7. The number of nitrogens with zero attached hydrogens (tertiary/aromatic N) is 1. The highest BCUT2D eigenvalue weighted by molar-refractivity contribution is 6.02. The van der Waals surface area contributed by atoms with Crippen molar-refractivity contribution in [3.63, 3.8) is 0 Å². The van der Waals surface area contributed by atoms with Crippen LogP contribution in [0.1, 0.15) is 60.9 Å². The minimum absolute atomic E-state index is 0.0827. The van der Waals surface area contributed by atoms with Gasteiger partial charge in [-0.25, -0.2) is 4.79 Å². The Morgan fingerprint density at radius 2 is 1.69 bits per heavy atom. The van der Waals surface area contributed by atoms with Crippen LogP contribution in [0, 0.1) is 0 Å². The van der Waals surface area contributed by atoms with E-state index in [4.69, 9.17) is 9.57 Å². The summed E-state index contributed by atoms with van der Waals surface area (Å²) < 4.78 is 5.99. The second-order valence-electron chi connectivity index (χ2n) is 6.57. The Morgan fingerprint density at radius 1 is 1.00 bits per heavy atom. The number of carbonyl (C=O) groups excluding carboxylic acids is 3. The number of hydrogen-bond acceptors (Lipinski definition) is 5. The summed E-state index contributed by atoms with van der Waals surface area (Å²) >= 11 is 0. The van der Waals surface area contributed by atoms with Crippen molar-refractivity contribution < 1.29 is 24.0 Å². The first-order chi connectivity index (χ1) is 12.6. The first-order valence-electron chi connectivity index (χ1n) is 9.07. The van der Waals surface area contributed by atoms with Crippen molar-refractivity contribution in [3.05, 3.63) is 47.5 Å². The van der Waals surface area contributed by atoms with E-state index >= 15 is 0 Å². The maximum Gasteiger partial charge on any atom is 0.363 e. The van der Waals surface area contributed by atoms with E-state index in [1.807, 2.05) is 0 Å². The van der Waals surface area contributed by atoms with Crippen LogP contribution in [0.4, 0.5) is 0 Å². The fraction of sp³-hybridized carbons (Fsp3) is 0.450. The summed E-state index contributed by atoms with van der Waals surface area (Å²) in [4.78, 5) is 40.0. The molecule has 6 nitrogen and oxygen atoms in total. The second kappa shape index (κ2) is 8.76. The van der Waals surface area contributed by atoms with Gasteiger partial charge in [0.25, 0.3) is 11.8 Å². The Hall–Kier alpha value is -2.47. The van der Waals surface area contributed by atoms with Gasteiger partial charge in [-0.2, -0.15) is 0 Å². The molecule has 0 aromatic heterocycles. The Bertz CT molecular complexity index is 679. The average Bonchev–Trinajstić information content (AvgIpc) is 2.93. The van der Waals surface area contributed by atoms with Gasteiger partial charge in [-0.15, -0.1) is 5.06 Å². The van der Waals surface area contributed by atoms with Gasteiger partial charge in [0.15, 0.2) is 0 Å². The average molecular weight is 357 g/mol. The third-order valence-electron chi connectivity index (χ3n) is 4.57. The van der Waals surface area contributed by atoms with Crippen LogP contribution < -0.4 is 0 Å². The van der Waals surface area contributed by atoms with Crippen molar-refractivity contribution in [1.29, 1.82) is 0 Å². The van der Waals surface area contributed by atoms with Crippen molar-refractivity contribution in [1.82, 2.24) is 5.06 Å². The van der Waals surface area contributed by atoms with Gasteiger partial charge in [0.2, 0.25) is 0 Å². The maximum absolute atomic E-state index is 12.1. The van der Waals surface area contributed by atoms with Gasteiger partial charge in [-0.3, -0.25) is 9.59 Å². The molecule has 1 unspecified atom stereocenters. The molecule has 26 heavy (non-hydrogen) atoms. The maximum atomic E-state index is 12.1. The summed E-state index contributed by atoms with van der Waals surface area (Å²) in [5.74, 6) is -1.68. The Labute approximate surface area is 152 Å². The Morgan fingerprint density at radius 3 is 2.42 bits per heavy atom. The van der Waals surface area contributed by atoms with E-state index in [9.17, 15) is 14.4 Å². The van der Waals surface area contributed by atoms with E-state index in [-0.39, 0.29) is 24.5 Å². The molecule has 138 valence electrons. The number of amides is 2. The Balaban J connectivity index is 1.51. The van der Waals surface area contributed by atoms with Gasteiger partial charge in [0.1, 0.15) is 0 Å². The van der Waals surface area contributed by atoms with E-state index < -0.39 is 17.8 Å². The lowest BCUT2D eigenvalue weighted by Crippen LogP contribution is -2.32. The topological polar surface area (TPSA) is 72.9 Å². The molecule has 0 radical (unpaired) electrons. The molecular formula is C20H23NO5. The summed E-state index contributed by atoms with van der Waals surface area (Å²) in [5.41, 5.74) is 1.25. The monoisotopic (exact) mass is 357 g/mol. The van der Waals surface area contributed by atoms with Crippen molar-refractivity contribution in [2.75, 3.05) is 0 Å². The van der Waals surface area contributed by atoms with E-state index in [0.717, 1.165) is 37.7 Å². The van der Waals surface area contributed by atoms with Crippen LogP contribution in [0.5, 0.6) is 0 Å². The summed E-state index contributed by atoms with van der Waals surface area (Å²) in [7, 11) is 0. The van der Waals surface area contributed by atoms with E-state index in [2.05, 4.69) is 12.2 Å². The first kappa shape index (κ1) is 18.3. The summed E-state index contributed by atoms with van der Waals surface area (Å²) in [6.07, 6.45) is 10.3. The van der Waals surface area contributed by atoms with Gasteiger partial charge >= 0.3 is 5.97 Å². The summed E-state index contributed by atoms with van der Waals surface area (Å²) in [6, 6.07) is 6.83. The lowest BCUT2D eigenvalue weighted by Gasteiger charge is -2.18. The lowest BCUT2D eigenvalue weighted by molar-refractivity contribution is -0.172. The number of carbonyl (C=O) groups is 3.